The molecule has 2 fully saturated rings. The molecule has 2 rings (SSSR count). The van der Waals surface area contributed by atoms with Gasteiger partial charge in [0.05, 0.1) is 0 Å². The van der Waals surface area contributed by atoms with E-state index in [9.17, 15) is 21.6 Å². The number of nitrogens with one attached hydrogen (secondary N) is 2. The van der Waals surface area contributed by atoms with E-state index in [2.05, 4.69) is 27.4 Å². The second-order valence-corrected chi connectivity index (χ2v) is 9.57. The van der Waals surface area contributed by atoms with Gasteiger partial charge < -0.3 is 15.5 Å². The zero-order chi connectivity index (χ0) is 20.8. The maximum absolute atomic E-state index is 12.6. The van der Waals surface area contributed by atoms with Crippen LogP contribution in [0.3, 0.4) is 0 Å². The van der Waals surface area contributed by atoms with Gasteiger partial charge in [0, 0.05) is 32.7 Å². The van der Waals surface area contributed by atoms with Crippen molar-refractivity contribution >= 4 is 40.0 Å². The third-order valence-electron chi connectivity index (χ3n) is 5.47. The Balaban J connectivity index is 0.00000420. The van der Waals surface area contributed by atoms with Gasteiger partial charge in [0.15, 0.2) is 5.96 Å². The lowest BCUT2D eigenvalue weighted by Gasteiger charge is -2.32. The van der Waals surface area contributed by atoms with Crippen molar-refractivity contribution in [3.05, 3.63) is 0 Å². The Kier molecular flexibility index (Phi) is 10.9. The molecule has 0 spiro atoms. The fourth-order valence-corrected chi connectivity index (χ4v) is 4.55. The molecule has 0 unspecified atom stereocenters. The lowest BCUT2D eigenvalue weighted by Crippen LogP contribution is -2.51. The summed E-state index contributed by atoms with van der Waals surface area (Å²) in [5.74, 6) is 1.42. The number of nitrogens with zero attached hydrogens (tertiary/aromatic N) is 3. The van der Waals surface area contributed by atoms with Crippen LogP contribution in [-0.4, -0.2) is 81.4 Å². The normalized spacial score (nSPS) is 21.6. The van der Waals surface area contributed by atoms with Crippen molar-refractivity contribution in [2.45, 2.75) is 50.6 Å². The summed E-state index contributed by atoms with van der Waals surface area (Å²) in [6.07, 6.45) is 4.10. The number of halogens is 4. The molecule has 0 radical (unpaired) electrons. The van der Waals surface area contributed by atoms with Gasteiger partial charge in [0.2, 0.25) is 0 Å². The number of likely N-dealkylation sites (tertiary alicyclic amines) is 1. The SMILES string of the molecule is CN=C(NCCCN1CCC(C)CC1)NC1CCN(S(=O)(=O)C(F)(F)F)CC1.I. The minimum absolute atomic E-state index is 0. The molecule has 7 nitrogen and oxygen atoms in total. The van der Waals surface area contributed by atoms with Crippen LogP contribution in [0.5, 0.6) is 0 Å². The first-order valence-corrected chi connectivity index (χ1v) is 11.3. The number of aliphatic imine (C=N–C) groups is 1. The summed E-state index contributed by atoms with van der Waals surface area (Å²) in [6, 6.07) is -0.102. The molecule has 0 saturated carbocycles. The number of alkyl halides is 3. The summed E-state index contributed by atoms with van der Waals surface area (Å²) in [7, 11) is -3.59. The predicted octanol–water partition coefficient (Wildman–Crippen LogP) is 2.21. The van der Waals surface area contributed by atoms with E-state index in [1.165, 1.54) is 12.8 Å². The highest BCUT2D eigenvalue weighted by Crippen LogP contribution is 2.28. The number of sulfonamides is 1. The zero-order valence-corrected chi connectivity index (χ0v) is 20.2. The molecule has 0 aliphatic carbocycles. The summed E-state index contributed by atoms with van der Waals surface area (Å²) in [4.78, 5) is 6.62. The monoisotopic (exact) mass is 555 g/mol. The molecule has 0 aromatic rings. The molecule has 0 atom stereocenters. The smallest absolute Gasteiger partial charge is 0.356 e. The van der Waals surface area contributed by atoms with Crippen LogP contribution in [0.15, 0.2) is 4.99 Å². The second kappa shape index (κ2) is 11.9. The Morgan fingerprint density at radius 1 is 1.10 bits per heavy atom. The number of piperidine rings is 2. The lowest BCUT2D eigenvalue weighted by atomic mass is 9.99. The quantitative estimate of drug-likeness (QED) is 0.228. The molecular formula is C17H33F3IN5O2S. The van der Waals surface area contributed by atoms with Crippen LogP contribution in [0.2, 0.25) is 0 Å². The maximum atomic E-state index is 12.6. The lowest BCUT2D eigenvalue weighted by molar-refractivity contribution is -0.0494. The predicted molar refractivity (Wildman–Crippen MR) is 119 cm³/mol. The molecule has 29 heavy (non-hydrogen) atoms. The maximum Gasteiger partial charge on any atom is 0.511 e. The Morgan fingerprint density at radius 3 is 2.21 bits per heavy atom. The zero-order valence-electron chi connectivity index (χ0n) is 17.0. The molecule has 2 aliphatic rings. The topological polar surface area (TPSA) is 77.0 Å². The van der Waals surface area contributed by atoms with E-state index in [4.69, 9.17) is 0 Å². The largest absolute Gasteiger partial charge is 0.511 e. The van der Waals surface area contributed by atoms with E-state index >= 15 is 0 Å². The van der Waals surface area contributed by atoms with Gasteiger partial charge in [-0.25, -0.2) is 8.42 Å². The minimum Gasteiger partial charge on any atom is -0.356 e. The molecule has 0 aromatic carbocycles. The highest BCUT2D eigenvalue weighted by molar-refractivity contribution is 14.0. The van der Waals surface area contributed by atoms with Crippen LogP contribution in [0.1, 0.15) is 39.0 Å². The van der Waals surface area contributed by atoms with Crippen LogP contribution in [0, 0.1) is 5.92 Å². The van der Waals surface area contributed by atoms with Gasteiger partial charge in [-0.15, -0.1) is 24.0 Å². The van der Waals surface area contributed by atoms with Crippen molar-refractivity contribution < 1.29 is 21.6 Å². The molecular weight excluding hydrogens is 522 g/mol. The Bertz CT molecular complexity index is 617. The Morgan fingerprint density at radius 2 is 1.69 bits per heavy atom. The van der Waals surface area contributed by atoms with Gasteiger partial charge in [-0.05, 0) is 57.7 Å². The van der Waals surface area contributed by atoms with Gasteiger partial charge in [0.1, 0.15) is 0 Å². The molecule has 2 heterocycles. The van der Waals surface area contributed by atoms with Crippen molar-refractivity contribution in [1.29, 1.82) is 0 Å². The summed E-state index contributed by atoms with van der Waals surface area (Å²) in [5.41, 5.74) is -5.24. The van der Waals surface area contributed by atoms with E-state index in [0.29, 0.717) is 23.1 Å². The van der Waals surface area contributed by atoms with Crippen molar-refractivity contribution in [3.63, 3.8) is 0 Å². The third kappa shape index (κ3) is 8.02. The number of guanidine groups is 1. The van der Waals surface area contributed by atoms with E-state index in [1.807, 2.05) is 0 Å². The molecule has 12 heteroatoms. The highest BCUT2D eigenvalue weighted by atomic mass is 127. The summed E-state index contributed by atoms with van der Waals surface area (Å²) in [6.45, 7) is 6.07. The summed E-state index contributed by atoms with van der Waals surface area (Å²) >= 11 is 0. The molecule has 0 aromatic heterocycles. The average molecular weight is 555 g/mol. The Labute approximate surface area is 188 Å². The molecule has 172 valence electrons. The fraction of sp³-hybridized carbons (Fsp3) is 0.941. The molecule has 0 amide bonds. The molecule has 2 saturated heterocycles. The first kappa shape index (κ1) is 26.7. The van der Waals surface area contributed by atoms with E-state index in [0.717, 1.165) is 38.5 Å². The molecule has 2 aliphatic heterocycles. The van der Waals surface area contributed by atoms with Crippen LogP contribution in [0.4, 0.5) is 13.2 Å². The first-order valence-electron chi connectivity index (χ1n) is 9.89. The first-order chi connectivity index (χ1) is 13.1. The van der Waals surface area contributed by atoms with Gasteiger partial charge in [0.25, 0.3) is 0 Å². The van der Waals surface area contributed by atoms with Crippen molar-refractivity contribution in [1.82, 2.24) is 19.8 Å². The fourth-order valence-electron chi connectivity index (χ4n) is 3.57. The number of hydrogen-bond acceptors (Lipinski definition) is 4. The minimum atomic E-state index is -5.24. The van der Waals surface area contributed by atoms with Crippen LogP contribution in [0.25, 0.3) is 0 Å². The average Bonchev–Trinajstić information content (AvgIpc) is 2.65. The van der Waals surface area contributed by atoms with Crippen molar-refractivity contribution in [3.8, 4) is 0 Å². The van der Waals surface area contributed by atoms with E-state index < -0.39 is 15.5 Å². The van der Waals surface area contributed by atoms with Gasteiger partial charge in [-0.1, -0.05) is 6.92 Å². The van der Waals surface area contributed by atoms with Gasteiger partial charge in [-0.3, -0.25) is 4.99 Å². The van der Waals surface area contributed by atoms with Gasteiger partial charge in [-0.2, -0.15) is 17.5 Å². The molecule has 0 bridgehead atoms. The van der Waals surface area contributed by atoms with E-state index in [1.54, 1.807) is 7.05 Å². The molecule has 2 N–H and O–H groups in total. The third-order valence-corrected chi connectivity index (χ3v) is 7.10. The number of hydrogen-bond donors (Lipinski definition) is 2. The summed E-state index contributed by atoms with van der Waals surface area (Å²) < 4.78 is 61.3. The highest BCUT2D eigenvalue weighted by Gasteiger charge is 2.50. The van der Waals surface area contributed by atoms with Crippen molar-refractivity contribution in [2.75, 3.05) is 46.3 Å². The van der Waals surface area contributed by atoms with Gasteiger partial charge >= 0.3 is 15.5 Å². The van der Waals surface area contributed by atoms with Crippen molar-refractivity contribution in [2.24, 2.45) is 10.9 Å². The van der Waals surface area contributed by atoms with Crippen LogP contribution in [-0.2, 0) is 10.0 Å². The number of rotatable bonds is 6. The Hall–Kier alpha value is -0.340. The summed E-state index contributed by atoms with van der Waals surface area (Å²) in [5, 5.41) is 6.41. The standard InChI is InChI=1S/C17H32F3N5O2S.HI/c1-14-4-10-24(11-5-14)9-3-8-22-16(21-2)23-15-6-12-25(13-7-15)28(26,27)17(18,19)20;/h14-15H,3-13H2,1-2H3,(H2,21,22,23);1H. The van der Waals surface area contributed by atoms with Crippen LogP contribution < -0.4 is 10.6 Å². The van der Waals surface area contributed by atoms with Crippen LogP contribution >= 0.6 is 24.0 Å². The van der Waals surface area contributed by atoms with E-state index in [-0.39, 0.29) is 43.1 Å². The second-order valence-electron chi connectivity index (χ2n) is 7.65.